The Morgan fingerprint density at radius 1 is 1.08 bits per heavy atom. The van der Waals surface area contributed by atoms with Gasteiger partial charge in [0.2, 0.25) is 0 Å². The van der Waals surface area contributed by atoms with Crippen LogP contribution < -0.4 is 14.8 Å². The number of hydrogen-bond donors (Lipinski definition) is 2. The monoisotopic (exact) mass is 455 g/mol. The molecule has 0 spiro atoms. The summed E-state index contributed by atoms with van der Waals surface area (Å²) >= 11 is 6.82. The lowest BCUT2D eigenvalue weighted by atomic mass is 10.1. The van der Waals surface area contributed by atoms with Crippen LogP contribution >= 0.6 is 31.9 Å². The number of hydrogen-bond acceptors (Lipinski definition) is 4. The van der Waals surface area contributed by atoms with Crippen molar-refractivity contribution in [1.29, 1.82) is 0 Å². The maximum Gasteiger partial charge on any atom is 0.337 e. The number of benzene rings is 2. The summed E-state index contributed by atoms with van der Waals surface area (Å²) in [6.07, 6.45) is 1.45. The van der Waals surface area contributed by atoms with E-state index in [1.54, 1.807) is 50.6 Å². The first-order chi connectivity index (χ1) is 11.5. The molecule has 2 aromatic carbocycles. The van der Waals surface area contributed by atoms with Crippen molar-refractivity contribution in [2.24, 2.45) is 0 Å². The molecule has 7 heteroatoms. The van der Waals surface area contributed by atoms with Crippen LogP contribution in [0.5, 0.6) is 11.5 Å². The summed E-state index contributed by atoms with van der Waals surface area (Å²) in [6.45, 7) is 0. The van der Waals surface area contributed by atoms with Gasteiger partial charge in [-0.25, -0.2) is 4.79 Å². The second-order valence-corrected chi connectivity index (χ2v) is 6.42. The van der Waals surface area contributed by atoms with Gasteiger partial charge in [-0.3, -0.25) is 0 Å². The van der Waals surface area contributed by atoms with Gasteiger partial charge in [-0.05, 0) is 61.7 Å². The van der Waals surface area contributed by atoms with Crippen molar-refractivity contribution in [3.63, 3.8) is 0 Å². The number of aliphatic carboxylic acids is 1. The first-order valence-electron chi connectivity index (χ1n) is 6.83. The molecular formula is C17H15Br2NO4. The molecule has 24 heavy (non-hydrogen) atoms. The van der Waals surface area contributed by atoms with Crippen molar-refractivity contribution in [2.75, 3.05) is 19.5 Å². The van der Waals surface area contributed by atoms with E-state index >= 15 is 0 Å². The molecule has 0 amide bonds. The third kappa shape index (κ3) is 4.30. The molecule has 2 N–H and O–H groups in total. The van der Waals surface area contributed by atoms with E-state index < -0.39 is 5.97 Å². The van der Waals surface area contributed by atoms with Gasteiger partial charge in [-0.15, -0.1) is 0 Å². The van der Waals surface area contributed by atoms with E-state index in [0.717, 1.165) is 8.95 Å². The van der Waals surface area contributed by atoms with Gasteiger partial charge in [0.1, 0.15) is 11.5 Å². The van der Waals surface area contributed by atoms with Crippen molar-refractivity contribution < 1.29 is 19.4 Å². The fourth-order valence-corrected chi connectivity index (χ4v) is 3.54. The van der Waals surface area contributed by atoms with Gasteiger partial charge in [0, 0.05) is 11.9 Å². The third-order valence-electron chi connectivity index (χ3n) is 3.22. The number of anilines is 1. The largest absolute Gasteiger partial charge is 0.497 e. The second-order valence-electron chi connectivity index (χ2n) is 4.71. The number of carboxylic acid groups (broad SMARTS) is 1. The molecule has 0 aromatic heterocycles. The van der Waals surface area contributed by atoms with E-state index in [2.05, 4.69) is 37.2 Å². The van der Waals surface area contributed by atoms with Crippen LogP contribution in [-0.2, 0) is 4.79 Å². The minimum atomic E-state index is -1.03. The summed E-state index contributed by atoms with van der Waals surface area (Å²) in [6, 6.07) is 10.4. The molecule has 0 aliphatic heterocycles. The maximum atomic E-state index is 11.5. The van der Waals surface area contributed by atoms with Crippen LogP contribution in [-0.4, -0.2) is 25.3 Å². The summed E-state index contributed by atoms with van der Waals surface area (Å²) in [5, 5.41) is 12.4. The average molecular weight is 457 g/mol. The highest BCUT2D eigenvalue weighted by Crippen LogP contribution is 2.36. The van der Waals surface area contributed by atoms with Crippen molar-refractivity contribution in [2.45, 2.75) is 0 Å². The second kappa shape index (κ2) is 8.21. The van der Waals surface area contributed by atoms with Gasteiger partial charge in [-0.1, -0.05) is 12.1 Å². The number of carbonyl (C=O) groups is 1. The van der Waals surface area contributed by atoms with Crippen LogP contribution in [0.1, 0.15) is 5.56 Å². The molecule has 0 radical (unpaired) electrons. The van der Waals surface area contributed by atoms with Gasteiger partial charge in [0.05, 0.1) is 28.7 Å². The number of ether oxygens (including phenoxy) is 2. The Hall–Kier alpha value is -1.99. The van der Waals surface area contributed by atoms with Crippen LogP contribution in [0.2, 0.25) is 0 Å². The quantitative estimate of drug-likeness (QED) is 0.613. The van der Waals surface area contributed by atoms with Crippen LogP contribution in [0, 0.1) is 0 Å². The molecule has 0 unspecified atom stereocenters. The van der Waals surface area contributed by atoms with Gasteiger partial charge in [0.25, 0.3) is 0 Å². The van der Waals surface area contributed by atoms with Crippen molar-refractivity contribution >= 4 is 49.1 Å². The van der Waals surface area contributed by atoms with E-state index in [0.29, 0.717) is 22.7 Å². The Morgan fingerprint density at radius 3 is 2.12 bits per heavy atom. The molecule has 2 aromatic rings. The Balaban J connectivity index is 2.30. The number of rotatable bonds is 6. The lowest BCUT2D eigenvalue weighted by Crippen LogP contribution is -2.03. The zero-order valence-electron chi connectivity index (χ0n) is 13.0. The normalized spacial score (nSPS) is 11.1. The van der Waals surface area contributed by atoms with Crippen molar-refractivity contribution in [3.05, 3.63) is 57.1 Å². The Kier molecular flexibility index (Phi) is 6.28. The molecule has 0 aliphatic rings. The van der Waals surface area contributed by atoms with E-state index in [1.165, 1.54) is 6.20 Å². The highest BCUT2D eigenvalue weighted by atomic mass is 79.9. The predicted molar refractivity (Wildman–Crippen MR) is 101 cm³/mol. The van der Waals surface area contributed by atoms with E-state index in [4.69, 9.17) is 9.47 Å². The van der Waals surface area contributed by atoms with Gasteiger partial charge < -0.3 is 19.9 Å². The van der Waals surface area contributed by atoms with Crippen LogP contribution in [0.4, 0.5) is 5.69 Å². The zero-order valence-corrected chi connectivity index (χ0v) is 16.1. The standard InChI is InChI=1S/C17H15Br2NO4/c1-23-12-5-3-10(4-6-12)13(17(21)22)9-20-11-7-14(18)16(24-2)15(19)8-11/h3-9,20H,1-2H3,(H,21,22). The van der Waals surface area contributed by atoms with Crippen molar-refractivity contribution in [3.8, 4) is 11.5 Å². The molecule has 0 fully saturated rings. The minimum Gasteiger partial charge on any atom is -0.497 e. The Bertz CT molecular complexity index is 750. The van der Waals surface area contributed by atoms with E-state index in [-0.39, 0.29) is 5.57 Å². The van der Waals surface area contributed by atoms with Crippen LogP contribution in [0.15, 0.2) is 51.5 Å². The van der Waals surface area contributed by atoms with Gasteiger partial charge in [-0.2, -0.15) is 0 Å². The summed E-state index contributed by atoms with van der Waals surface area (Å²) in [5.74, 6) is 0.303. The summed E-state index contributed by atoms with van der Waals surface area (Å²) in [7, 11) is 3.13. The lowest BCUT2D eigenvalue weighted by molar-refractivity contribution is -0.130. The minimum absolute atomic E-state index is 0.140. The molecule has 2 rings (SSSR count). The number of carboxylic acids is 1. The molecule has 0 bridgehead atoms. The number of methoxy groups -OCH3 is 2. The molecule has 5 nitrogen and oxygen atoms in total. The fraction of sp³-hybridized carbons (Fsp3) is 0.118. The fourth-order valence-electron chi connectivity index (χ4n) is 2.03. The summed E-state index contributed by atoms with van der Waals surface area (Å²) in [4.78, 5) is 11.5. The first kappa shape index (κ1) is 18.4. The highest BCUT2D eigenvalue weighted by molar-refractivity contribution is 9.11. The SMILES string of the molecule is COc1ccc(C(=CNc2cc(Br)c(OC)c(Br)c2)C(=O)O)cc1. The number of nitrogens with one attached hydrogen (secondary N) is 1. The summed E-state index contributed by atoms with van der Waals surface area (Å²) < 4.78 is 11.8. The van der Waals surface area contributed by atoms with Crippen LogP contribution in [0.3, 0.4) is 0 Å². The van der Waals surface area contributed by atoms with E-state index in [9.17, 15) is 9.90 Å². The zero-order chi connectivity index (χ0) is 17.7. The molecule has 126 valence electrons. The average Bonchev–Trinajstić information content (AvgIpc) is 2.55. The first-order valence-corrected chi connectivity index (χ1v) is 8.42. The van der Waals surface area contributed by atoms with Crippen molar-refractivity contribution in [1.82, 2.24) is 0 Å². The molecule has 0 saturated heterocycles. The van der Waals surface area contributed by atoms with Crippen LogP contribution in [0.25, 0.3) is 5.57 Å². The summed E-state index contributed by atoms with van der Waals surface area (Å²) in [5.41, 5.74) is 1.42. The molecule has 0 aliphatic carbocycles. The van der Waals surface area contributed by atoms with E-state index in [1.807, 2.05) is 0 Å². The van der Waals surface area contributed by atoms with Gasteiger partial charge in [0.15, 0.2) is 0 Å². The lowest BCUT2D eigenvalue weighted by Gasteiger charge is -2.10. The molecule has 0 saturated carbocycles. The van der Waals surface area contributed by atoms with Gasteiger partial charge >= 0.3 is 5.97 Å². The highest BCUT2D eigenvalue weighted by Gasteiger charge is 2.12. The smallest absolute Gasteiger partial charge is 0.337 e. The number of halogens is 2. The third-order valence-corrected chi connectivity index (χ3v) is 4.40. The molecule has 0 heterocycles. The topological polar surface area (TPSA) is 67.8 Å². The Labute approximate surface area is 156 Å². The molecular weight excluding hydrogens is 442 g/mol. The molecule has 0 atom stereocenters. The Morgan fingerprint density at radius 2 is 1.67 bits per heavy atom. The maximum absolute atomic E-state index is 11.5. The predicted octanol–water partition coefficient (Wildman–Crippen LogP) is 4.77.